The van der Waals surface area contributed by atoms with Crippen LogP contribution < -0.4 is 19.6 Å². The van der Waals surface area contributed by atoms with Crippen molar-refractivity contribution in [2.45, 2.75) is 30.7 Å². The zero-order valence-electron chi connectivity index (χ0n) is 9.50. The Kier molecular flexibility index (Phi) is 5.83. The summed E-state index contributed by atoms with van der Waals surface area (Å²) >= 11 is 0. The van der Waals surface area contributed by atoms with Crippen molar-refractivity contribution < 1.29 is 57.8 Å². The number of hydrogen-bond donors (Lipinski definition) is 3. The van der Waals surface area contributed by atoms with Gasteiger partial charge < -0.3 is 57.8 Å². The molecule has 0 spiro atoms. The van der Waals surface area contributed by atoms with Crippen LogP contribution in [0.2, 0.25) is 0 Å². The first-order valence-electron chi connectivity index (χ1n) is 4.97. The molecule has 120 valence electrons. The van der Waals surface area contributed by atoms with E-state index < -0.39 is 53.0 Å². The molecule has 5 atom stereocenters. The van der Waals surface area contributed by atoms with Crippen molar-refractivity contribution in [2.24, 2.45) is 0 Å². The van der Waals surface area contributed by atoms with Gasteiger partial charge in [0, 0.05) is 0 Å². The summed E-state index contributed by atoms with van der Waals surface area (Å²) in [6.07, 6.45) is -9.92. The largest absolute Gasteiger partial charge is 0.790 e. The Bertz CT molecular complexity index is 412. The van der Waals surface area contributed by atoms with Gasteiger partial charge in [-0.1, -0.05) is 0 Å². The molecule has 20 heavy (non-hydrogen) atoms. The van der Waals surface area contributed by atoms with Crippen molar-refractivity contribution in [1.29, 1.82) is 0 Å². The predicted molar refractivity (Wildman–Crippen MR) is 48.9 cm³/mol. The van der Waals surface area contributed by atoms with Gasteiger partial charge in [0.05, 0.1) is 22.3 Å². The summed E-state index contributed by atoms with van der Waals surface area (Å²) < 4.78 is 32.8. The Morgan fingerprint density at radius 1 is 0.950 bits per heavy atom. The molecule has 0 aromatic carbocycles. The third-order valence-corrected chi connectivity index (χ3v) is 3.23. The van der Waals surface area contributed by atoms with Crippen LogP contribution in [0.4, 0.5) is 0 Å². The maximum absolute atomic E-state index is 10.4. The molecule has 1 saturated heterocycles. The summed E-state index contributed by atoms with van der Waals surface area (Å²) in [4.78, 5) is 41.3. The predicted octanol–water partition coefficient (Wildman–Crippen LogP) is -5.52. The van der Waals surface area contributed by atoms with E-state index in [0.717, 1.165) is 0 Å². The number of aliphatic hydroxyl groups is 3. The molecule has 1 heterocycles. The summed E-state index contributed by atoms with van der Waals surface area (Å²) in [5.74, 6) is 0. The van der Waals surface area contributed by atoms with Gasteiger partial charge in [0.1, 0.15) is 24.4 Å². The Balaban J connectivity index is 2.76. The third kappa shape index (κ3) is 5.45. The molecular weight excluding hydrogens is 326 g/mol. The highest BCUT2D eigenvalue weighted by atomic mass is 31.2. The third-order valence-electron chi connectivity index (χ3n) is 2.30. The van der Waals surface area contributed by atoms with Crippen LogP contribution in [0.5, 0.6) is 0 Å². The summed E-state index contributed by atoms with van der Waals surface area (Å²) in [5, 5.41) is 28.1. The maximum Gasteiger partial charge on any atom is 0.191 e. The maximum atomic E-state index is 10.4. The van der Waals surface area contributed by atoms with E-state index in [0.29, 0.717) is 0 Å². The van der Waals surface area contributed by atoms with Gasteiger partial charge in [-0.05, 0) is 0 Å². The van der Waals surface area contributed by atoms with Crippen molar-refractivity contribution >= 4 is 15.6 Å². The molecule has 0 bridgehead atoms. The van der Waals surface area contributed by atoms with Crippen LogP contribution in [0.25, 0.3) is 0 Å². The highest BCUT2D eigenvalue weighted by Crippen LogP contribution is 2.34. The van der Waals surface area contributed by atoms with Gasteiger partial charge in [0.25, 0.3) is 0 Å². The fourth-order valence-corrected chi connectivity index (χ4v) is 2.19. The minimum atomic E-state index is -5.59. The summed E-state index contributed by atoms with van der Waals surface area (Å²) in [6, 6.07) is 0. The molecule has 0 amide bonds. The number of aliphatic hydroxyl groups excluding tert-OH is 3. The van der Waals surface area contributed by atoms with Crippen LogP contribution in [-0.2, 0) is 22.9 Å². The monoisotopic (exact) mass is 336 g/mol. The second-order valence-electron chi connectivity index (χ2n) is 3.81. The first-order valence-corrected chi connectivity index (χ1v) is 7.89. The number of ether oxygens (including phenoxy) is 1. The molecule has 1 unspecified atom stereocenters. The molecule has 0 radical (unpaired) electrons. The Labute approximate surface area is 112 Å². The van der Waals surface area contributed by atoms with Crippen LogP contribution in [0.1, 0.15) is 0 Å². The molecule has 3 N–H and O–H groups in total. The van der Waals surface area contributed by atoms with E-state index in [4.69, 9.17) is 0 Å². The highest BCUT2D eigenvalue weighted by Gasteiger charge is 2.44. The van der Waals surface area contributed by atoms with Crippen LogP contribution in [0, 0.1) is 0 Å². The molecule has 12 nitrogen and oxygen atoms in total. The SMILES string of the molecule is O=P([O-])([O-])OC[C@H]1OC(OP(=O)([O-])[O-])[C@H](O)[C@@H](O)[C@@H]1O. The van der Waals surface area contributed by atoms with Gasteiger partial charge in [0.15, 0.2) is 6.29 Å². The standard InChI is InChI=1S/C6H14O12P2/c7-3-2(1-16-19(10,11)12)17-6(5(9)4(3)8)18-20(13,14)15/h2-9H,1H2,(H2,10,11,12)(H2,13,14,15)/p-4/t2-,3-,4+,5-,6?/m1/s1. The van der Waals surface area contributed by atoms with E-state index >= 15 is 0 Å². The van der Waals surface area contributed by atoms with E-state index in [1.54, 1.807) is 0 Å². The quantitative estimate of drug-likeness (QED) is 0.401. The van der Waals surface area contributed by atoms with Crippen LogP contribution in [0.15, 0.2) is 0 Å². The zero-order valence-corrected chi connectivity index (χ0v) is 11.3. The fraction of sp³-hybridized carbons (Fsp3) is 1.00. The summed E-state index contributed by atoms with van der Waals surface area (Å²) in [6.45, 7) is -1.07. The second kappa shape index (κ2) is 6.44. The van der Waals surface area contributed by atoms with Gasteiger partial charge in [-0.2, -0.15) is 0 Å². The fourth-order valence-electron chi connectivity index (χ4n) is 1.43. The number of rotatable bonds is 5. The van der Waals surface area contributed by atoms with Gasteiger partial charge in [-0.25, -0.2) is 0 Å². The molecule has 1 aliphatic heterocycles. The van der Waals surface area contributed by atoms with E-state index in [2.05, 4.69) is 13.8 Å². The molecule has 1 fully saturated rings. The lowest BCUT2D eigenvalue weighted by atomic mass is 10.00. The molecule has 0 saturated carbocycles. The lowest BCUT2D eigenvalue weighted by molar-refractivity contribution is -0.371. The first-order chi connectivity index (χ1) is 8.91. The van der Waals surface area contributed by atoms with Crippen LogP contribution >= 0.6 is 15.6 Å². The molecule has 0 aromatic heterocycles. The minimum Gasteiger partial charge on any atom is -0.790 e. The lowest BCUT2D eigenvalue weighted by Gasteiger charge is -2.44. The van der Waals surface area contributed by atoms with E-state index in [1.807, 2.05) is 0 Å². The zero-order chi connectivity index (χ0) is 15.7. The van der Waals surface area contributed by atoms with E-state index in [1.165, 1.54) is 0 Å². The van der Waals surface area contributed by atoms with Crippen molar-refractivity contribution in [3.8, 4) is 0 Å². The lowest BCUT2D eigenvalue weighted by Crippen LogP contribution is -2.59. The summed E-state index contributed by atoms with van der Waals surface area (Å²) in [5.41, 5.74) is 0. The van der Waals surface area contributed by atoms with Crippen molar-refractivity contribution in [3.63, 3.8) is 0 Å². The molecular formula is C6H10O12P2-4. The van der Waals surface area contributed by atoms with Gasteiger partial charge in [-0.15, -0.1) is 0 Å². The van der Waals surface area contributed by atoms with Crippen molar-refractivity contribution in [1.82, 2.24) is 0 Å². The molecule has 0 aliphatic carbocycles. The minimum absolute atomic E-state index is 1.07. The van der Waals surface area contributed by atoms with Crippen LogP contribution in [-0.4, -0.2) is 52.6 Å². The van der Waals surface area contributed by atoms with Gasteiger partial charge >= 0.3 is 0 Å². The Hall–Kier alpha value is 0.0600. The van der Waals surface area contributed by atoms with E-state index in [9.17, 15) is 44.0 Å². The average molecular weight is 336 g/mol. The molecule has 1 aliphatic rings. The van der Waals surface area contributed by atoms with E-state index in [-0.39, 0.29) is 0 Å². The average Bonchev–Trinajstić information content (AvgIpc) is 2.25. The topological polar surface area (TPSA) is 215 Å². The number of phosphoric ester groups is 2. The second-order valence-corrected chi connectivity index (χ2v) is 6.07. The van der Waals surface area contributed by atoms with Gasteiger partial charge in [-0.3, -0.25) is 0 Å². The van der Waals surface area contributed by atoms with Crippen molar-refractivity contribution in [3.05, 3.63) is 0 Å². The van der Waals surface area contributed by atoms with Crippen LogP contribution in [0.3, 0.4) is 0 Å². The van der Waals surface area contributed by atoms with Gasteiger partial charge in [0.2, 0.25) is 0 Å². The number of hydrogen-bond acceptors (Lipinski definition) is 12. The smallest absolute Gasteiger partial charge is 0.191 e. The molecule has 14 heteroatoms. The first kappa shape index (κ1) is 18.1. The van der Waals surface area contributed by atoms with Crippen molar-refractivity contribution in [2.75, 3.05) is 6.61 Å². The Morgan fingerprint density at radius 3 is 1.95 bits per heavy atom. The summed E-state index contributed by atoms with van der Waals surface area (Å²) in [7, 11) is -11.0. The molecule has 0 aromatic rings. The normalized spacial score (nSPS) is 36.0. The number of phosphoric acid groups is 2. The molecule has 1 rings (SSSR count). The highest BCUT2D eigenvalue weighted by molar-refractivity contribution is 7.43. The Morgan fingerprint density at radius 2 is 1.50 bits per heavy atom.